The Labute approximate surface area is 80.0 Å². The zero-order valence-electron chi connectivity index (χ0n) is 7.76. The van der Waals surface area contributed by atoms with E-state index in [9.17, 15) is 9.59 Å². The summed E-state index contributed by atoms with van der Waals surface area (Å²) in [6.07, 6.45) is 0. The van der Waals surface area contributed by atoms with Gasteiger partial charge in [-0.1, -0.05) is 13.8 Å². The minimum atomic E-state index is -3.23. The summed E-state index contributed by atoms with van der Waals surface area (Å²) in [6.45, 7) is 3.01. The molecule has 0 amide bonds. The van der Waals surface area contributed by atoms with Gasteiger partial charge in [-0.15, -0.1) is 0 Å². The Kier molecular flexibility index (Phi) is 3.99. The molecule has 7 nitrogen and oxygen atoms in total. The Hall–Kier alpha value is -1.18. The van der Waals surface area contributed by atoms with Gasteiger partial charge in [0.1, 0.15) is 6.04 Å². The maximum Gasteiger partial charge on any atom is 0.381 e. The standard InChI is InChI=1S/C7H13NO6/c1-3(2)4(5(9)10)8-7(13,14)6(11)12/h3-4,8,13-14H,1-2H3,(H,9,10)(H,11,12). The molecule has 0 aromatic rings. The molecular weight excluding hydrogens is 194 g/mol. The van der Waals surface area contributed by atoms with E-state index < -0.39 is 29.8 Å². The van der Waals surface area contributed by atoms with Crippen LogP contribution >= 0.6 is 0 Å². The SMILES string of the molecule is CC(C)C(NC(O)(O)C(=O)O)C(=O)O. The molecule has 0 aliphatic carbocycles. The van der Waals surface area contributed by atoms with Crippen molar-refractivity contribution in [2.75, 3.05) is 0 Å². The van der Waals surface area contributed by atoms with Gasteiger partial charge < -0.3 is 20.4 Å². The van der Waals surface area contributed by atoms with Gasteiger partial charge in [0.05, 0.1) is 0 Å². The van der Waals surface area contributed by atoms with Crippen LogP contribution in [-0.4, -0.2) is 44.3 Å². The third kappa shape index (κ3) is 3.29. The highest BCUT2D eigenvalue weighted by Gasteiger charge is 2.38. The quantitative estimate of drug-likeness (QED) is 0.344. The fraction of sp³-hybridized carbons (Fsp3) is 0.714. The summed E-state index contributed by atoms with van der Waals surface area (Å²) in [5, 5.41) is 36.3. The maximum atomic E-state index is 10.6. The van der Waals surface area contributed by atoms with Crippen LogP contribution in [0.3, 0.4) is 0 Å². The first-order valence-electron chi connectivity index (χ1n) is 3.87. The number of carbonyl (C=O) groups is 2. The van der Waals surface area contributed by atoms with E-state index in [1.165, 1.54) is 13.8 Å². The highest BCUT2D eigenvalue weighted by Crippen LogP contribution is 2.06. The van der Waals surface area contributed by atoms with Crippen LogP contribution in [0, 0.1) is 5.92 Å². The number of hydrogen-bond acceptors (Lipinski definition) is 5. The van der Waals surface area contributed by atoms with Crippen LogP contribution in [0.1, 0.15) is 13.8 Å². The van der Waals surface area contributed by atoms with Gasteiger partial charge in [-0.3, -0.25) is 4.79 Å². The average Bonchev–Trinajstić information content (AvgIpc) is 1.98. The summed E-state index contributed by atoms with van der Waals surface area (Å²) < 4.78 is 0. The lowest BCUT2D eigenvalue weighted by Crippen LogP contribution is -2.59. The molecule has 0 radical (unpaired) electrons. The van der Waals surface area contributed by atoms with E-state index in [4.69, 9.17) is 20.4 Å². The van der Waals surface area contributed by atoms with E-state index >= 15 is 0 Å². The molecule has 0 heterocycles. The van der Waals surface area contributed by atoms with Crippen LogP contribution in [0.4, 0.5) is 0 Å². The van der Waals surface area contributed by atoms with Crippen LogP contribution in [0.5, 0.6) is 0 Å². The minimum Gasteiger partial charge on any atom is -0.480 e. The molecule has 0 saturated heterocycles. The fourth-order valence-electron chi connectivity index (χ4n) is 0.792. The van der Waals surface area contributed by atoms with Crippen LogP contribution in [0.2, 0.25) is 0 Å². The number of hydrogen-bond donors (Lipinski definition) is 5. The summed E-state index contributed by atoms with van der Waals surface area (Å²) in [5.74, 6) is -7.02. The minimum absolute atomic E-state index is 0.481. The van der Waals surface area contributed by atoms with Crippen molar-refractivity contribution in [3.8, 4) is 0 Å². The normalized spacial score (nSPS) is 14.1. The molecule has 0 aromatic carbocycles. The molecule has 5 N–H and O–H groups in total. The van der Waals surface area contributed by atoms with E-state index in [1.807, 2.05) is 0 Å². The molecule has 1 atom stereocenters. The van der Waals surface area contributed by atoms with Crippen molar-refractivity contribution in [2.45, 2.75) is 25.8 Å². The molecule has 82 valence electrons. The zero-order valence-corrected chi connectivity index (χ0v) is 7.76. The van der Waals surface area contributed by atoms with Crippen LogP contribution < -0.4 is 5.32 Å². The molecule has 0 aliphatic rings. The number of aliphatic carboxylic acids is 2. The lowest BCUT2D eigenvalue weighted by Gasteiger charge is -2.25. The summed E-state index contributed by atoms with van der Waals surface area (Å²) in [5.41, 5.74) is 0. The molecule has 0 spiro atoms. The molecule has 0 saturated carbocycles. The van der Waals surface area contributed by atoms with Gasteiger partial charge >= 0.3 is 17.8 Å². The first kappa shape index (κ1) is 12.8. The molecule has 14 heavy (non-hydrogen) atoms. The van der Waals surface area contributed by atoms with Crippen molar-refractivity contribution in [2.24, 2.45) is 5.92 Å². The van der Waals surface area contributed by atoms with E-state index in [0.29, 0.717) is 0 Å². The summed E-state index contributed by atoms with van der Waals surface area (Å²) in [4.78, 5) is 20.8. The van der Waals surface area contributed by atoms with E-state index in [1.54, 1.807) is 5.32 Å². The van der Waals surface area contributed by atoms with Gasteiger partial charge in [-0.2, -0.15) is 0 Å². The van der Waals surface area contributed by atoms with Crippen LogP contribution in [0.15, 0.2) is 0 Å². The van der Waals surface area contributed by atoms with Crippen molar-refractivity contribution in [1.29, 1.82) is 0 Å². The van der Waals surface area contributed by atoms with Crippen molar-refractivity contribution < 1.29 is 30.0 Å². The van der Waals surface area contributed by atoms with Crippen molar-refractivity contribution in [3.05, 3.63) is 0 Å². The lowest BCUT2D eigenvalue weighted by atomic mass is 10.0. The molecule has 0 fully saturated rings. The van der Waals surface area contributed by atoms with E-state index in [0.717, 1.165) is 0 Å². The molecule has 0 bridgehead atoms. The predicted molar refractivity (Wildman–Crippen MR) is 44.2 cm³/mol. The number of rotatable bonds is 5. The monoisotopic (exact) mass is 207 g/mol. The van der Waals surface area contributed by atoms with E-state index in [2.05, 4.69) is 0 Å². The van der Waals surface area contributed by atoms with Crippen molar-refractivity contribution in [3.63, 3.8) is 0 Å². The molecule has 0 aliphatic heterocycles. The number of carboxylic acid groups (broad SMARTS) is 2. The second kappa shape index (κ2) is 4.36. The topological polar surface area (TPSA) is 127 Å². The first-order chi connectivity index (χ1) is 6.18. The van der Waals surface area contributed by atoms with Gasteiger partial charge in [-0.05, 0) is 5.92 Å². The molecule has 0 aromatic heterocycles. The van der Waals surface area contributed by atoms with Gasteiger partial charge in [0.15, 0.2) is 0 Å². The molecule has 0 rings (SSSR count). The Morgan fingerprint density at radius 1 is 1.21 bits per heavy atom. The highest BCUT2D eigenvalue weighted by molar-refractivity contribution is 5.78. The van der Waals surface area contributed by atoms with Gasteiger partial charge in [0.2, 0.25) is 0 Å². The van der Waals surface area contributed by atoms with Gasteiger partial charge in [0.25, 0.3) is 0 Å². The van der Waals surface area contributed by atoms with Crippen LogP contribution in [0.25, 0.3) is 0 Å². The van der Waals surface area contributed by atoms with Gasteiger partial charge in [-0.25, -0.2) is 10.1 Å². The molecular formula is C7H13NO6. The van der Waals surface area contributed by atoms with E-state index in [-0.39, 0.29) is 0 Å². The maximum absolute atomic E-state index is 10.6. The lowest BCUT2D eigenvalue weighted by molar-refractivity contribution is -0.219. The summed E-state index contributed by atoms with van der Waals surface area (Å²) in [7, 11) is 0. The number of aliphatic hydroxyl groups is 2. The van der Waals surface area contributed by atoms with Crippen LogP contribution in [-0.2, 0) is 9.59 Å². The molecule has 1 unspecified atom stereocenters. The molecule has 7 heteroatoms. The Bertz CT molecular complexity index is 236. The Morgan fingerprint density at radius 3 is 1.86 bits per heavy atom. The third-order valence-electron chi connectivity index (χ3n) is 1.59. The Morgan fingerprint density at radius 2 is 1.64 bits per heavy atom. The zero-order chi connectivity index (χ0) is 11.5. The average molecular weight is 207 g/mol. The smallest absolute Gasteiger partial charge is 0.381 e. The fourth-order valence-corrected chi connectivity index (χ4v) is 0.792. The summed E-state index contributed by atoms with van der Waals surface area (Å²) >= 11 is 0. The largest absolute Gasteiger partial charge is 0.480 e. The number of nitrogens with one attached hydrogen (secondary N) is 1. The van der Waals surface area contributed by atoms with Gasteiger partial charge in [0, 0.05) is 0 Å². The van der Waals surface area contributed by atoms with Crippen molar-refractivity contribution in [1.82, 2.24) is 5.32 Å². The predicted octanol–water partition coefficient (Wildman–Crippen LogP) is -1.59. The first-order valence-corrected chi connectivity index (χ1v) is 3.87. The highest BCUT2D eigenvalue weighted by atomic mass is 16.6. The third-order valence-corrected chi connectivity index (χ3v) is 1.59. The summed E-state index contributed by atoms with van der Waals surface area (Å²) in [6, 6.07) is -1.35. The number of carboxylic acids is 2. The second-order valence-electron chi connectivity index (χ2n) is 3.18. The second-order valence-corrected chi connectivity index (χ2v) is 3.18. The Balaban J connectivity index is 4.61. The van der Waals surface area contributed by atoms with Crippen molar-refractivity contribution >= 4 is 11.9 Å².